The summed E-state index contributed by atoms with van der Waals surface area (Å²) in [6, 6.07) is 32.3. The molecule has 0 unspecified atom stereocenters. The highest BCUT2D eigenvalue weighted by Gasteiger charge is 2.16. The second-order valence-corrected chi connectivity index (χ2v) is 12.0. The summed E-state index contributed by atoms with van der Waals surface area (Å²) in [5.41, 5.74) is 1.45. The van der Waals surface area contributed by atoms with Gasteiger partial charge in [-0.3, -0.25) is 0 Å². The van der Waals surface area contributed by atoms with E-state index in [1.165, 1.54) is 0 Å². The predicted molar refractivity (Wildman–Crippen MR) is 142 cm³/mol. The van der Waals surface area contributed by atoms with E-state index < -0.39 is 20.0 Å². The summed E-state index contributed by atoms with van der Waals surface area (Å²) in [4.78, 5) is 0.390. The smallest absolute Gasteiger partial charge is 0.207 e. The van der Waals surface area contributed by atoms with E-state index in [1.807, 2.05) is 48.5 Å². The molecule has 182 valence electrons. The number of rotatable bonds is 8. The highest BCUT2D eigenvalue weighted by atomic mass is 32.2. The molecule has 5 aromatic carbocycles. The SMILES string of the molecule is O=S(=O)(NCc1cccc(CNS(=O)(=O)c2ccc3ccccc3c2)c1)c1ccc2ccccc2c1. The molecule has 5 rings (SSSR count). The van der Waals surface area contributed by atoms with Gasteiger partial charge in [-0.05, 0) is 56.9 Å². The molecular weight excluding hydrogens is 492 g/mol. The van der Waals surface area contributed by atoms with Crippen molar-refractivity contribution in [1.29, 1.82) is 0 Å². The molecule has 0 aliphatic carbocycles. The van der Waals surface area contributed by atoms with Gasteiger partial charge in [0.1, 0.15) is 0 Å². The normalized spacial score (nSPS) is 12.2. The Bertz CT molecular complexity index is 1650. The molecule has 0 saturated carbocycles. The molecule has 0 aliphatic heterocycles. The van der Waals surface area contributed by atoms with E-state index in [-0.39, 0.29) is 22.9 Å². The number of benzene rings is 5. The lowest BCUT2D eigenvalue weighted by Gasteiger charge is -2.11. The molecule has 0 radical (unpaired) electrons. The Morgan fingerprint density at radius 2 is 0.861 bits per heavy atom. The molecule has 0 spiro atoms. The number of sulfonamides is 2. The number of nitrogens with one attached hydrogen (secondary N) is 2. The zero-order valence-electron chi connectivity index (χ0n) is 19.3. The average Bonchev–Trinajstić information content (AvgIpc) is 2.90. The number of hydrogen-bond donors (Lipinski definition) is 2. The van der Waals surface area contributed by atoms with Crippen LogP contribution in [0.4, 0.5) is 0 Å². The molecular formula is C28H24N2O4S2. The summed E-state index contributed by atoms with van der Waals surface area (Å²) in [5, 5.41) is 3.63. The third kappa shape index (κ3) is 5.32. The molecule has 0 bridgehead atoms. The molecule has 0 heterocycles. The van der Waals surface area contributed by atoms with Gasteiger partial charge in [-0.2, -0.15) is 0 Å². The lowest BCUT2D eigenvalue weighted by atomic mass is 10.1. The van der Waals surface area contributed by atoms with Crippen molar-refractivity contribution in [1.82, 2.24) is 9.44 Å². The van der Waals surface area contributed by atoms with Gasteiger partial charge in [0.05, 0.1) is 9.79 Å². The monoisotopic (exact) mass is 516 g/mol. The zero-order chi connectivity index (χ0) is 25.2. The van der Waals surface area contributed by atoms with Crippen LogP contribution in [-0.2, 0) is 33.1 Å². The first-order chi connectivity index (χ1) is 17.3. The van der Waals surface area contributed by atoms with Crippen LogP contribution in [0.3, 0.4) is 0 Å². The molecule has 8 heteroatoms. The molecule has 36 heavy (non-hydrogen) atoms. The van der Waals surface area contributed by atoms with Crippen molar-refractivity contribution in [2.45, 2.75) is 22.9 Å². The fraction of sp³-hybridized carbons (Fsp3) is 0.0714. The van der Waals surface area contributed by atoms with E-state index in [9.17, 15) is 16.8 Å². The minimum atomic E-state index is -3.71. The van der Waals surface area contributed by atoms with E-state index in [1.54, 1.807) is 60.7 Å². The lowest BCUT2D eigenvalue weighted by Crippen LogP contribution is -2.24. The minimum Gasteiger partial charge on any atom is -0.207 e. The Labute approximate surface area is 210 Å². The van der Waals surface area contributed by atoms with E-state index in [0.717, 1.165) is 32.7 Å². The van der Waals surface area contributed by atoms with Crippen LogP contribution in [0.15, 0.2) is 119 Å². The van der Waals surface area contributed by atoms with Crippen LogP contribution in [0.1, 0.15) is 11.1 Å². The highest BCUT2D eigenvalue weighted by Crippen LogP contribution is 2.20. The van der Waals surface area contributed by atoms with Crippen LogP contribution in [0.25, 0.3) is 21.5 Å². The van der Waals surface area contributed by atoms with Gasteiger partial charge in [-0.25, -0.2) is 26.3 Å². The van der Waals surface area contributed by atoms with Gasteiger partial charge in [0.2, 0.25) is 20.0 Å². The zero-order valence-corrected chi connectivity index (χ0v) is 20.9. The van der Waals surface area contributed by atoms with Gasteiger partial charge >= 0.3 is 0 Å². The highest BCUT2D eigenvalue weighted by molar-refractivity contribution is 7.89. The molecule has 2 N–H and O–H groups in total. The standard InChI is InChI=1S/C28H24N2O4S2/c31-35(32,27-14-12-23-8-1-3-10-25(23)17-27)29-19-21-6-5-7-22(16-21)20-30-36(33,34)28-15-13-24-9-2-4-11-26(24)18-28/h1-18,29-30H,19-20H2. The van der Waals surface area contributed by atoms with E-state index in [2.05, 4.69) is 9.44 Å². The quantitative estimate of drug-likeness (QED) is 0.305. The van der Waals surface area contributed by atoms with Crippen LogP contribution in [0, 0.1) is 0 Å². The fourth-order valence-electron chi connectivity index (χ4n) is 4.04. The van der Waals surface area contributed by atoms with Crippen molar-refractivity contribution in [3.8, 4) is 0 Å². The Morgan fingerprint density at radius 3 is 1.31 bits per heavy atom. The molecule has 5 aromatic rings. The summed E-state index contributed by atoms with van der Waals surface area (Å²) in [6.07, 6.45) is 0. The predicted octanol–water partition coefficient (Wildman–Crippen LogP) is 4.95. The van der Waals surface area contributed by atoms with Crippen LogP contribution in [0.2, 0.25) is 0 Å². The summed E-state index contributed by atoms with van der Waals surface area (Å²) < 4.78 is 56.6. The maximum atomic E-state index is 12.8. The summed E-state index contributed by atoms with van der Waals surface area (Å²) >= 11 is 0. The van der Waals surface area contributed by atoms with E-state index in [0.29, 0.717) is 0 Å². The van der Waals surface area contributed by atoms with Crippen LogP contribution < -0.4 is 9.44 Å². The third-order valence-corrected chi connectivity index (χ3v) is 8.78. The van der Waals surface area contributed by atoms with Crippen molar-refractivity contribution in [3.05, 3.63) is 120 Å². The van der Waals surface area contributed by atoms with Crippen LogP contribution in [-0.4, -0.2) is 16.8 Å². The molecule has 0 saturated heterocycles. The lowest BCUT2D eigenvalue weighted by molar-refractivity contribution is 0.580. The first-order valence-corrected chi connectivity index (χ1v) is 14.3. The summed E-state index contributed by atoms with van der Waals surface area (Å²) in [5.74, 6) is 0. The van der Waals surface area contributed by atoms with E-state index in [4.69, 9.17) is 0 Å². The summed E-state index contributed by atoms with van der Waals surface area (Å²) in [7, 11) is -7.43. The van der Waals surface area contributed by atoms with Crippen molar-refractivity contribution in [2.24, 2.45) is 0 Å². The first-order valence-electron chi connectivity index (χ1n) is 11.3. The van der Waals surface area contributed by atoms with Crippen molar-refractivity contribution >= 4 is 41.6 Å². The van der Waals surface area contributed by atoms with Gasteiger partial charge in [0.25, 0.3) is 0 Å². The van der Waals surface area contributed by atoms with Gasteiger partial charge in [-0.1, -0.05) is 84.9 Å². The average molecular weight is 517 g/mol. The molecule has 0 fully saturated rings. The van der Waals surface area contributed by atoms with Crippen molar-refractivity contribution in [2.75, 3.05) is 0 Å². The van der Waals surface area contributed by atoms with Crippen LogP contribution in [0.5, 0.6) is 0 Å². The van der Waals surface area contributed by atoms with E-state index >= 15 is 0 Å². The maximum Gasteiger partial charge on any atom is 0.240 e. The molecule has 0 atom stereocenters. The van der Waals surface area contributed by atoms with Crippen LogP contribution >= 0.6 is 0 Å². The maximum absolute atomic E-state index is 12.8. The van der Waals surface area contributed by atoms with Gasteiger partial charge < -0.3 is 0 Å². The first kappa shape index (κ1) is 24.1. The second-order valence-electron chi connectivity index (χ2n) is 8.49. The number of fused-ring (bicyclic) bond motifs is 2. The molecule has 0 amide bonds. The van der Waals surface area contributed by atoms with Gasteiger partial charge in [0.15, 0.2) is 0 Å². The Balaban J connectivity index is 1.26. The van der Waals surface area contributed by atoms with Gasteiger partial charge in [-0.15, -0.1) is 0 Å². The number of hydrogen-bond acceptors (Lipinski definition) is 4. The Hall–Kier alpha value is -3.56. The third-order valence-electron chi connectivity index (χ3n) is 5.99. The Kier molecular flexibility index (Phi) is 6.59. The molecule has 0 aromatic heterocycles. The largest absolute Gasteiger partial charge is 0.240 e. The van der Waals surface area contributed by atoms with Crippen molar-refractivity contribution < 1.29 is 16.8 Å². The topological polar surface area (TPSA) is 92.3 Å². The van der Waals surface area contributed by atoms with Gasteiger partial charge in [0, 0.05) is 13.1 Å². The fourth-order valence-corrected chi connectivity index (χ4v) is 6.15. The molecule has 0 aliphatic rings. The van der Waals surface area contributed by atoms with Crippen molar-refractivity contribution in [3.63, 3.8) is 0 Å². The second kappa shape index (κ2) is 9.83. The molecule has 6 nitrogen and oxygen atoms in total. The Morgan fingerprint density at radius 1 is 0.444 bits per heavy atom. The summed E-state index contributed by atoms with van der Waals surface area (Å²) in [6.45, 7) is 0.168. The minimum absolute atomic E-state index is 0.0838.